The molecule has 1 aromatic heterocycles. The van der Waals surface area contributed by atoms with Gasteiger partial charge in [-0.3, -0.25) is 9.78 Å². The van der Waals surface area contributed by atoms with Gasteiger partial charge in [0.2, 0.25) is 0 Å². The zero-order valence-corrected chi connectivity index (χ0v) is 15.0. The predicted molar refractivity (Wildman–Crippen MR) is 93.8 cm³/mol. The number of carbonyl (C=O) groups excluding carboxylic acids is 1. The van der Waals surface area contributed by atoms with Gasteiger partial charge in [0.15, 0.2) is 0 Å². The van der Waals surface area contributed by atoms with E-state index >= 15 is 0 Å². The Morgan fingerprint density at radius 2 is 2.37 bits per heavy atom. The largest absolute Gasteiger partial charge is 0.335 e. The molecule has 0 aromatic carbocycles. The van der Waals surface area contributed by atoms with E-state index in [4.69, 9.17) is 0 Å². The molecule has 7 heteroatoms. The standard InChI is InChI=1S/C12H18N2OP4/c1-2-7-14-8-3-4-9-11(12(14)15)10(5-6-13-9)19(17)18-16/h3-6,18H,2,7-8,16-17H2,1H3. The van der Waals surface area contributed by atoms with Crippen molar-refractivity contribution in [2.45, 2.75) is 13.3 Å². The fraction of sp³-hybridized carbons (Fsp3) is 0.333. The zero-order chi connectivity index (χ0) is 13.8. The summed E-state index contributed by atoms with van der Waals surface area (Å²) in [6, 6.07) is 2.00. The van der Waals surface area contributed by atoms with Crippen molar-refractivity contribution in [1.82, 2.24) is 9.88 Å². The smallest absolute Gasteiger partial charge is 0.257 e. The van der Waals surface area contributed by atoms with Crippen molar-refractivity contribution in [2.75, 3.05) is 13.1 Å². The molecule has 0 saturated carbocycles. The van der Waals surface area contributed by atoms with E-state index in [2.05, 4.69) is 29.8 Å². The van der Waals surface area contributed by atoms with Gasteiger partial charge in [-0.15, -0.1) is 17.9 Å². The van der Waals surface area contributed by atoms with Gasteiger partial charge in [-0.25, -0.2) is 0 Å². The summed E-state index contributed by atoms with van der Waals surface area (Å²) in [5, 5.41) is 1.15. The van der Waals surface area contributed by atoms with Crippen LogP contribution in [0.25, 0.3) is 6.08 Å². The van der Waals surface area contributed by atoms with Gasteiger partial charge in [0.1, 0.15) is 0 Å². The van der Waals surface area contributed by atoms with Crippen molar-refractivity contribution >= 4 is 50.4 Å². The van der Waals surface area contributed by atoms with Crippen molar-refractivity contribution in [3.63, 3.8) is 0 Å². The first-order valence-corrected chi connectivity index (χ1v) is 12.8. The Morgan fingerprint density at radius 1 is 1.58 bits per heavy atom. The lowest BCUT2D eigenvalue weighted by atomic mass is 10.1. The van der Waals surface area contributed by atoms with Crippen molar-refractivity contribution < 1.29 is 4.79 Å². The van der Waals surface area contributed by atoms with Gasteiger partial charge in [0, 0.05) is 24.6 Å². The van der Waals surface area contributed by atoms with Gasteiger partial charge in [-0.05, 0) is 25.9 Å². The van der Waals surface area contributed by atoms with E-state index in [1.165, 1.54) is 0 Å². The molecular weight excluding hydrogens is 312 g/mol. The van der Waals surface area contributed by atoms with Gasteiger partial charge in [-0.1, -0.05) is 21.0 Å². The lowest BCUT2D eigenvalue weighted by Gasteiger charge is -2.22. The van der Waals surface area contributed by atoms with Crippen LogP contribution in [0.2, 0.25) is 0 Å². The maximum atomic E-state index is 12.7. The van der Waals surface area contributed by atoms with E-state index in [1.54, 1.807) is 0 Å². The van der Waals surface area contributed by atoms with Crippen molar-refractivity contribution in [1.29, 1.82) is 0 Å². The van der Waals surface area contributed by atoms with Crippen LogP contribution in [0.5, 0.6) is 0 Å². The molecule has 0 spiro atoms. The average molecular weight is 330 g/mol. The van der Waals surface area contributed by atoms with Crippen LogP contribution in [0.3, 0.4) is 0 Å². The fourth-order valence-corrected chi connectivity index (χ4v) is 5.77. The molecule has 1 aliphatic heterocycles. The lowest BCUT2D eigenvalue weighted by Crippen LogP contribution is -2.34. The number of carbonyl (C=O) groups is 1. The Labute approximate surface area is 121 Å². The number of nitrogens with zero attached hydrogens (tertiary/aromatic N) is 2. The number of amides is 1. The summed E-state index contributed by atoms with van der Waals surface area (Å²) < 4.78 is 0. The van der Waals surface area contributed by atoms with Crippen molar-refractivity contribution in [3.05, 3.63) is 29.6 Å². The third-order valence-corrected chi connectivity index (χ3v) is 13.0. The number of hydrogen-bond donors (Lipinski definition) is 0. The molecule has 0 saturated heterocycles. The number of hydrogen-bond acceptors (Lipinski definition) is 2. The molecule has 0 aliphatic carbocycles. The fourth-order valence-electron chi connectivity index (χ4n) is 2.08. The summed E-state index contributed by atoms with van der Waals surface area (Å²) in [5.41, 5.74) is 1.63. The summed E-state index contributed by atoms with van der Waals surface area (Å²) in [6.45, 7) is 3.58. The van der Waals surface area contributed by atoms with Crippen molar-refractivity contribution in [2.24, 2.45) is 0 Å². The molecule has 0 bridgehead atoms. The van der Waals surface area contributed by atoms with Crippen LogP contribution in [0, 0.1) is 0 Å². The quantitative estimate of drug-likeness (QED) is 0.794. The second kappa shape index (κ2) is 7.19. The SMILES string of the molecule is CCCN1CC=Cc2nccc(P(P)PP)c2C1=O. The minimum Gasteiger partial charge on any atom is -0.335 e. The Kier molecular flexibility index (Phi) is 5.86. The Bertz CT molecular complexity index is 507. The van der Waals surface area contributed by atoms with E-state index in [9.17, 15) is 4.79 Å². The van der Waals surface area contributed by atoms with E-state index in [-0.39, 0.29) is 13.2 Å². The van der Waals surface area contributed by atoms with Crippen LogP contribution in [-0.4, -0.2) is 28.9 Å². The first kappa shape index (κ1) is 15.5. The molecule has 0 N–H and O–H groups in total. The molecule has 0 fully saturated rings. The van der Waals surface area contributed by atoms with E-state index in [0.29, 0.717) is 6.54 Å². The van der Waals surface area contributed by atoms with Crippen LogP contribution in [-0.2, 0) is 0 Å². The van der Waals surface area contributed by atoms with Gasteiger partial charge in [0.05, 0.1) is 11.3 Å². The van der Waals surface area contributed by atoms with Crippen molar-refractivity contribution in [3.8, 4) is 0 Å². The highest BCUT2D eigenvalue weighted by Crippen LogP contribution is 2.65. The molecule has 0 radical (unpaired) electrons. The van der Waals surface area contributed by atoms with Crippen LogP contribution in [0.15, 0.2) is 18.3 Å². The Morgan fingerprint density at radius 3 is 3.05 bits per heavy atom. The predicted octanol–water partition coefficient (Wildman–Crippen LogP) is 3.24. The van der Waals surface area contributed by atoms with E-state index in [1.807, 2.05) is 29.3 Å². The summed E-state index contributed by atoms with van der Waals surface area (Å²) in [7, 11) is 6.04. The maximum Gasteiger partial charge on any atom is 0.257 e. The maximum absolute atomic E-state index is 12.7. The molecule has 1 aromatic rings. The molecule has 3 nitrogen and oxygen atoms in total. The molecule has 4 unspecified atom stereocenters. The molecule has 1 aliphatic rings. The topological polar surface area (TPSA) is 33.2 Å². The molecule has 2 rings (SSSR count). The number of rotatable bonds is 4. The first-order valence-electron chi connectivity index (χ1n) is 6.15. The summed E-state index contributed by atoms with van der Waals surface area (Å²) in [6.07, 6.45) is 6.80. The van der Waals surface area contributed by atoms with Crippen LogP contribution < -0.4 is 5.30 Å². The van der Waals surface area contributed by atoms with E-state index in [0.717, 1.165) is 37.5 Å². The van der Waals surface area contributed by atoms with Gasteiger partial charge >= 0.3 is 0 Å². The first-order chi connectivity index (χ1) is 9.19. The normalized spacial score (nSPS) is 16.8. The second-order valence-electron chi connectivity index (χ2n) is 4.24. The Hall–Kier alpha value is 0.0800. The van der Waals surface area contributed by atoms with Gasteiger partial charge in [-0.2, -0.15) is 0 Å². The van der Waals surface area contributed by atoms with Crippen LogP contribution in [0.4, 0.5) is 0 Å². The minimum atomic E-state index is -0.369. The summed E-state index contributed by atoms with van der Waals surface area (Å²) in [5.74, 6) is 0.128. The highest BCUT2D eigenvalue weighted by molar-refractivity contribution is 8.63. The molecule has 19 heavy (non-hydrogen) atoms. The number of pyridine rings is 1. The van der Waals surface area contributed by atoms with E-state index < -0.39 is 0 Å². The number of aromatic nitrogens is 1. The lowest BCUT2D eigenvalue weighted by molar-refractivity contribution is 0.0776. The third-order valence-electron chi connectivity index (χ3n) is 2.95. The Balaban J connectivity index is 2.49. The third kappa shape index (κ3) is 3.40. The molecule has 102 valence electrons. The monoisotopic (exact) mass is 330 g/mol. The van der Waals surface area contributed by atoms with Crippen LogP contribution in [0.1, 0.15) is 29.4 Å². The van der Waals surface area contributed by atoms with Gasteiger partial charge in [0.25, 0.3) is 5.91 Å². The van der Waals surface area contributed by atoms with Crippen LogP contribution >= 0.6 is 33.1 Å². The van der Waals surface area contributed by atoms with Gasteiger partial charge < -0.3 is 4.90 Å². The number of fused-ring (bicyclic) bond motifs is 1. The highest BCUT2D eigenvalue weighted by Gasteiger charge is 2.25. The summed E-state index contributed by atoms with van der Waals surface area (Å²) >= 11 is 0. The zero-order valence-electron chi connectivity index (χ0n) is 10.8. The molecular formula is C12H18N2OP4. The molecule has 2 heterocycles. The average Bonchev–Trinajstić information content (AvgIpc) is 2.59. The molecule has 4 atom stereocenters. The second-order valence-corrected chi connectivity index (χ2v) is 13.4. The highest BCUT2D eigenvalue weighted by atomic mass is 32.6. The summed E-state index contributed by atoms with van der Waals surface area (Å²) in [4.78, 5) is 19.0. The minimum absolute atomic E-state index is 0.128. The molecule has 1 amide bonds.